The van der Waals surface area contributed by atoms with Crippen LogP contribution in [0.15, 0.2) is 0 Å². The molecule has 90 valence electrons. The molecule has 1 fully saturated rings. The van der Waals surface area contributed by atoms with E-state index in [1.54, 1.807) is 25.6 Å². The van der Waals surface area contributed by atoms with Gasteiger partial charge in [0, 0.05) is 30.3 Å². The lowest BCUT2D eigenvalue weighted by Crippen LogP contribution is -2.50. The molecule has 0 aromatic heterocycles. The molecule has 0 bridgehead atoms. The highest BCUT2D eigenvalue weighted by Gasteiger charge is 2.32. The summed E-state index contributed by atoms with van der Waals surface area (Å²) in [7, 11) is -3.02. The molecule has 1 rings (SSSR count). The highest BCUT2D eigenvalue weighted by atomic mass is 32.2. The molecule has 2 atom stereocenters. The molecule has 1 saturated heterocycles. The largest absolute Gasteiger partial charge is 0.392 e. The molecule has 1 unspecified atom stereocenters. The minimum atomic E-state index is -3.02. The average molecular weight is 253 g/mol. The summed E-state index contributed by atoms with van der Waals surface area (Å²) < 4.78 is 23.6. The monoisotopic (exact) mass is 253 g/mol. The van der Waals surface area contributed by atoms with Crippen LogP contribution >= 0.6 is 11.8 Å². The highest BCUT2D eigenvalue weighted by Crippen LogP contribution is 2.21. The molecule has 1 aliphatic heterocycles. The highest BCUT2D eigenvalue weighted by molar-refractivity contribution is 8.01. The van der Waals surface area contributed by atoms with E-state index in [0.29, 0.717) is 12.3 Å². The molecule has 4 nitrogen and oxygen atoms in total. The second-order valence-electron chi connectivity index (χ2n) is 3.83. The lowest BCUT2D eigenvalue weighted by atomic mass is 10.3. The van der Waals surface area contributed by atoms with Gasteiger partial charge in [-0.15, -0.1) is 0 Å². The molecule has 0 radical (unpaired) electrons. The topological polar surface area (TPSA) is 57.6 Å². The first-order valence-electron chi connectivity index (χ1n) is 5.18. The van der Waals surface area contributed by atoms with Crippen LogP contribution in [0.25, 0.3) is 0 Å². The van der Waals surface area contributed by atoms with Gasteiger partial charge in [-0.25, -0.2) is 8.42 Å². The predicted molar refractivity (Wildman–Crippen MR) is 63.8 cm³/mol. The Labute approximate surface area is 96.0 Å². The fourth-order valence-electron chi connectivity index (χ4n) is 1.69. The van der Waals surface area contributed by atoms with Gasteiger partial charge in [0.05, 0.1) is 6.10 Å². The number of rotatable bonds is 4. The third kappa shape index (κ3) is 3.62. The van der Waals surface area contributed by atoms with Gasteiger partial charge in [-0.05, 0) is 6.92 Å². The fraction of sp³-hybridized carbons (Fsp3) is 1.00. The Kier molecular flexibility index (Phi) is 4.89. The summed E-state index contributed by atoms with van der Waals surface area (Å²) in [4.78, 5) is 1.89. The van der Waals surface area contributed by atoms with Gasteiger partial charge in [0.15, 0.2) is 9.84 Å². The van der Waals surface area contributed by atoms with Crippen molar-refractivity contribution in [3.63, 3.8) is 0 Å². The lowest BCUT2D eigenvalue weighted by molar-refractivity contribution is 0.124. The number of β-amino-alcohol motifs (C(OH)–C–C–N with tert-alkyl or cyclic N) is 1. The molecule has 1 N–H and O–H groups in total. The van der Waals surface area contributed by atoms with Crippen molar-refractivity contribution in [3.8, 4) is 0 Å². The summed E-state index contributed by atoms with van der Waals surface area (Å²) in [5.74, 6) is 1.75. The van der Waals surface area contributed by atoms with E-state index >= 15 is 0 Å². The molecule has 15 heavy (non-hydrogen) atoms. The molecule has 0 aromatic rings. The van der Waals surface area contributed by atoms with Crippen molar-refractivity contribution in [2.24, 2.45) is 0 Å². The van der Waals surface area contributed by atoms with Crippen molar-refractivity contribution < 1.29 is 13.5 Å². The van der Waals surface area contributed by atoms with Gasteiger partial charge < -0.3 is 5.11 Å². The Morgan fingerprint density at radius 1 is 1.60 bits per heavy atom. The summed E-state index contributed by atoms with van der Waals surface area (Å²) in [6.45, 7) is 4.57. The SMILES string of the molecule is CCS(=O)(=O)C1CSCCN1C[C@H](C)O. The van der Waals surface area contributed by atoms with Crippen molar-refractivity contribution in [1.82, 2.24) is 4.90 Å². The summed E-state index contributed by atoms with van der Waals surface area (Å²) in [6, 6.07) is 0. The van der Waals surface area contributed by atoms with Crippen LogP contribution in [0.4, 0.5) is 0 Å². The van der Waals surface area contributed by atoms with E-state index in [2.05, 4.69) is 0 Å². The molecule has 0 saturated carbocycles. The maximum atomic E-state index is 11.8. The minimum Gasteiger partial charge on any atom is -0.392 e. The first kappa shape index (κ1) is 13.3. The number of aliphatic hydroxyl groups is 1. The molecule has 6 heteroatoms. The molecule has 0 aromatic carbocycles. The standard InChI is InChI=1S/C9H19NO3S2/c1-3-15(12,13)9-7-14-5-4-10(9)6-8(2)11/h8-9,11H,3-7H2,1-2H3/t8-,9?/m0/s1. The zero-order valence-electron chi connectivity index (χ0n) is 9.22. The minimum absolute atomic E-state index is 0.175. The molecule has 0 spiro atoms. The van der Waals surface area contributed by atoms with E-state index < -0.39 is 21.3 Å². The Hall–Kier alpha value is 0.220. The second kappa shape index (κ2) is 5.52. The molecular formula is C9H19NO3S2. The lowest BCUT2D eigenvalue weighted by Gasteiger charge is -2.35. The van der Waals surface area contributed by atoms with Crippen LogP contribution in [0.1, 0.15) is 13.8 Å². The van der Waals surface area contributed by atoms with Crippen molar-refractivity contribution in [2.45, 2.75) is 25.3 Å². The second-order valence-corrected chi connectivity index (χ2v) is 7.42. The summed E-state index contributed by atoms with van der Waals surface area (Å²) in [5, 5.41) is 8.91. The number of aliphatic hydroxyl groups excluding tert-OH is 1. The van der Waals surface area contributed by atoms with Crippen molar-refractivity contribution in [3.05, 3.63) is 0 Å². The van der Waals surface area contributed by atoms with Gasteiger partial charge in [-0.2, -0.15) is 11.8 Å². The van der Waals surface area contributed by atoms with Crippen LogP contribution in [-0.4, -0.2) is 60.3 Å². The molecule has 0 aliphatic carbocycles. The number of nitrogens with zero attached hydrogens (tertiary/aromatic N) is 1. The maximum Gasteiger partial charge on any atom is 0.166 e. The van der Waals surface area contributed by atoms with Gasteiger partial charge in [0.1, 0.15) is 5.37 Å². The number of hydrogen-bond donors (Lipinski definition) is 1. The zero-order chi connectivity index (χ0) is 11.5. The molecule has 1 heterocycles. The predicted octanol–water partition coefficient (Wildman–Crippen LogP) is 0.177. The summed E-state index contributed by atoms with van der Waals surface area (Å²) in [6.07, 6.45) is -0.470. The molecule has 1 aliphatic rings. The summed E-state index contributed by atoms with van der Waals surface area (Å²) >= 11 is 1.67. The smallest absolute Gasteiger partial charge is 0.166 e. The van der Waals surface area contributed by atoms with Crippen LogP contribution in [0.2, 0.25) is 0 Å². The first-order valence-corrected chi connectivity index (χ1v) is 8.05. The summed E-state index contributed by atoms with van der Waals surface area (Å²) in [5.41, 5.74) is 0. The Morgan fingerprint density at radius 3 is 2.80 bits per heavy atom. The van der Waals surface area contributed by atoms with E-state index in [-0.39, 0.29) is 5.75 Å². The number of thioether (sulfide) groups is 1. The van der Waals surface area contributed by atoms with E-state index in [1.165, 1.54) is 0 Å². The van der Waals surface area contributed by atoms with Gasteiger partial charge in [0.2, 0.25) is 0 Å². The van der Waals surface area contributed by atoms with Crippen molar-refractivity contribution in [1.29, 1.82) is 0 Å². The fourth-order valence-corrected chi connectivity index (χ4v) is 4.78. The Morgan fingerprint density at radius 2 is 2.27 bits per heavy atom. The van der Waals surface area contributed by atoms with Gasteiger partial charge in [-0.3, -0.25) is 4.90 Å². The third-order valence-corrected chi connectivity index (χ3v) is 5.84. The molecule has 0 amide bonds. The average Bonchev–Trinajstić information content (AvgIpc) is 2.17. The first-order chi connectivity index (χ1) is 6.97. The van der Waals surface area contributed by atoms with Gasteiger partial charge in [0.25, 0.3) is 0 Å². The van der Waals surface area contributed by atoms with Crippen molar-refractivity contribution >= 4 is 21.6 Å². The third-order valence-electron chi connectivity index (χ3n) is 2.51. The van der Waals surface area contributed by atoms with Crippen molar-refractivity contribution in [2.75, 3.05) is 30.3 Å². The van der Waals surface area contributed by atoms with Crippen LogP contribution in [0.5, 0.6) is 0 Å². The normalized spacial score (nSPS) is 26.5. The van der Waals surface area contributed by atoms with E-state index in [4.69, 9.17) is 0 Å². The quantitative estimate of drug-likeness (QED) is 0.774. The number of sulfone groups is 1. The van der Waals surface area contributed by atoms with E-state index in [9.17, 15) is 13.5 Å². The number of hydrogen-bond acceptors (Lipinski definition) is 5. The molecular weight excluding hydrogens is 234 g/mol. The Balaban J connectivity index is 2.74. The zero-order valence-corrected chi connectivity index (χ0v) is 10.9. The van der Waals surface area contributed by atoms with Crippen LogP contribution in [0.3, 0.4) is 0 Å². The van der Waals surface area contributed by atoms with E-state index in [1.807, 2.05) is 4.90 Å². The van der Waals surface area contributed by atoms with Crippen LogP contribution < -0.4 is 0 Å². The van der Waals surface area contributed by atoms with Crippen LogP contribution in [-0.2, 0) is 9.84 Å². The Bertz CT molecular complexity index is 290. The van der Waals surface area contributed by atoms with Crippen LogP contribution in [0, 0.1) is 0 Å². The maximum absolute atomic E-state index is 11.8. The van der Waals surface area contributed by atoms with Gasteiger partial charge in [-0.1, -0.05) is 6.92 Å². The van der Waals surface area contributed by atoms with E-state index in [0.717, 1.165) is 12.3 Å². The van der Waals surface area contributed by atoms with Gasteiger partial charge >= 0.3 is 0 Å².